The maximum Gasteiger partial charge on any atom is 0.230 e. The molecular formula is C28H36N4O2. The number of amides is 1. The number of benzene rings is 1. The van der Waals surface area contributed by atoms with Gasteiger partial charge in [0.25, 0.3) is 0 Å². The maximum atomic E-state index is 13.3. The molecule has 2 aliphatic heterocycles. The molecular weight excluding hydrogens is 424 g/mol. The predicted octanol–water partition coefficient (Wildman–Crippen LogP) is 4.12. The number of hydrogen-bond acceptors (Lipinski definition) is 4. The van der Waals surface area contributed by atoms with Crippen LogP contribution in [0, 0.1) is 12.8 Å². The molecule has 2 saturated heterocycles. The summed E-state index contributed by atoms with van der Waals surface area (Å²) in [7, 11) is 0. The van der Waals surface area contributed by atoms with E-state index in [0.717, 1.165) is 52.9 Å². The van der Waals surface area contributed by atoms with E-state index in [1.807, 2.05) is 39.1 Å². The Bertz CT molecular complexity index is 1240. The highest BCUT2D eigenvalue weighted by molar-refractivity contribution is 5.94. The fourth-order valence-electron chi connectivity index (χ4n) is 5.85. The normalized spacial score (nSPS) is 24.3. The van der Waals surface area contributed by atoms with E-state index in [2.05, 4.69) is 52.2 Å². The second-order valence-corrected chi connectivity index (χ2v) is 11.1. The first-order valence-electron chi connectivity index (χ1n) is 12.4. The molecule has 5 rings (SSSR count). The third kappa shape index (κ3) is 3.83. The van der Waals surface area contributed by atoms with Gasteiger partial charge in [-0.25, -0.2) is 0 Å². The first-order valence-corrected chi connectivity index (χ1v) is 12.4. The van der Waals surface area contributed by atoms with Crippen LogP contribution in [0.5, 0.6) is 0 Å². The summed E-state index contributed by atoms with van der Waals surface area (Å²) in [6, 6.07) is 10.4. The van der Waals surface area contributed by atoms with Gasteiger partial charge >= 0.3 is 0 Å². The lowest BCUT2D eigenvalue weighted by Crippen LogP contribution is -2.53. The molecule has 3 unspecified atom stereocenters. The van der Waals surface area contributed by atoms with Gasteiger partial charge < -0.3 is 15.4 Å². The number of aryl methyl sites for hydroxylation is 1. The molecule has 6 nitrogen and oxygen atoms in total. The van der Waals surface area contributed by atoms with Crippen LogP contribution in [0.4, 0.5) is 0 Å². The number of rotatable bonds is 6. The van der Waals surface area contributed by atoms with E-state index in [1.165, 1.54) is 5.56 Å². The molecule has 180 valence electrons. The van der Waals surface area contributed by atoms with Crippen molar-refractivity contribution < 1.29 is 9.90 Å². The van der Waals surface area contributed by atoms with Gasteiger partial charge in [0, 0.05) is 53.9 Å². The second kappa shape index (κ2) is 8.21. The monoisotopic (exact) mass is 460 g/mol. The van der Waals surface area contributed by atoms with Crippen molar-refractivity contribution in [3.63, 3.8) is 0 Å². The van der Waals surface area contributed by atoms with Gasteiger partial charge in [0.2, 0.25) is 5.91 Å². The van der Waals surface area contributed by atoms with Crippen molar-refractivity contribution in [1.29, 1.82) is 0 Å². The standard InChI is InChI=1S/C28H36N4O2/c1-17(2)24-22-13-20(6-7-23(22)31-25(24)19-8-10-29-18(3)12-19)27(4,5)26(33)30-15-28(34)16-32-11-9-21(28)14-32/h6-8,10,12-13,17,21,31,34H,9,11,14-16H2,1-5H3,(H,30,33). The van der Waals surface area contributed by atoms with Gasteiger partial charge in [-0.3, -0.25) is 14.7 Å². The highest BCUT2D eigenvalue weighted by Gasteiger charge is 2.49. The Balaban J connectivity index is 1.44. The molecule has 34 heavy (non-hydrogen) atoms. The largest absolute Gasteiger partial charge is 0.386 e. The zero-order valence-corrected chi connectivity index (χ0v) is 20.9. The maximum absolute atomic E-state index is 13.3. The summed E-state index contributed by atoms with van der Waals surface area (Å²) in [5.74, 6) is 0.520. The van der Waals surface area contributed by atoms with E-state index in [9.17, 15) is 9.90 Å². The molecule has 1 aromatic carbocycles. The lowest BCUT2D eigenvalue weighted by atomic mass is 9.81. The molecule has 0 aliphatic carbocycles. The molecule has 2 fully saturated rings. The molecule has 0 saturated carbocycles. The summed E-state index contributed by atoms with van der Waals surface area (Å²) >= 11 is 0. The fraction of sp³-hybridized carbons (Fsp3) is 0.500. The summed E-state index contributed by atoms with van der Waals surface area (Å²) in [5, 5.41) is 15.3. The molecule has 2 aliphatic rings. The number of aromatic amines is 1. The van der Waals surface area contributed by atoms with E-state index in [4.69, 9.17) is 0 Å². The molecule has 2 bridgehead atoms. The minimum Gasteiger partial charge on any atom is -0.386 e. The number of fused-ring (bicyclic) bond motifs is 3. The average molecular weight is 461 g/mol. The van der Waals surface area contributed by atoms with Crippen LogP contribution >= 0.6 is 0 Å². The Hall–Kier alpha value is -2.70. The molecule has 6 heteroatoms. The van der Waals surface area contributed by atoms with Crippen LogP contribution in [-0.2, 0) is 10.2 Å². The average Bonchev–Trinajstić information content (AvgIpc) is 3.49. The number of carbonyl (C=O) groups is 1. The molecule has 2 aromatic heterocycles. The van der Waals surface area contributed by atoms with Gasteiger partial charge in [0.15, 0.2) is 0 Å². The van der Waals surface area contributed by atoms with Crippen molar-refractivity contribution in [2.75, 3.05) is 26.2 Å². The Morgan fingerprint density at radius 1 is 1.32 bits per heavy atom. The SMILES string of the molecule is Cc1cc(-c2[nH]c3ccc(C(C)(C)C(=O)NCC4(O)CN5CCC4C5)cc3c2C(C)C)ccn1. The number of H-pyrrole nitrogens is 1. The second-order valence-electron chi connectivity index (χ2n) is 11.1. The first-order chi connectivity index (χ1) is 16.1. The summed E-state index contributed by atoms with van der Waals surface area (Å²) in [4.78, 5) is 23.6. The number of nitrogens with zero attached hydrogens (tertiary/aromatic N) is 2. The zero-order valence-electron chi connectivity index (χ0n) is 20.9. The highest BCUT2D eigenvalue weighted by atomic mass is 16.3. The number of piperidine rings is 1. The fourth-order valence-corrected chi connectivity index (χ4v) is 5.85. The molecule has 0 spiro atoms. The number of nitrogens with one attached hydrogen (secondary N) is 2. The van der Waals surface area contributed by atoms with Crippen LogP contribution in [0.2, 0.25) is 0 Å². The van der Waals surface area contributed by atoms with E-state index in [0.29, 0.717) is 19.0 Å². The van der Waals surface area contributed by atoms with Crippen LogP contribution in [-0.4, -0.2) is 57.7 Å². The van der Waals surface area contributed by atoms with Crippen molar-refractivity contribution >= 4 is 16.8 Å². The quantitative estimate of drug-likeness (QED) is 0.517. The number of hydrogen-bond donors (Lipinski definition) is 3. The summed E-state index contributed by atoms with van der Waals surface area (Å²) in [5.41, 5.74) is 4.99. The van der Waals surface area contributed by atoms with Crippen molar-refractivity contribution in [2.24, 2.45) is 5.92 Å². The Morgan fingerprint density at radius 2 is 2.12 bits per heavy atom. The summed E-state index contributed by atoms with van der Waals surface area (Å²) < 4.78 is 0. The van der Waals surface area contributed by atoms with Gasteiger partial charge in [0.1, 0.15) is 0 Å². The molecule has 3 atom stereocenters. The lowest BCUT2D eigenvalue weighted by molar-refractivity contribution is -0.127. The molecule has 0 radical (unpaired) electrons. The van der Waals surface area contributed by atoms with Crippen LogP contribution in [0.1, 0.15) is 56.9 Å². The Kier molecular flexibility index (Phi) is 5.57. The molecule has 4 heterocycles. The third-order valence-corrected chi connectivity index (χ3v) is 7.98. The van der Waals surface area contributed by atoms with Crippen molar-refractivity contribution in [3.05, 3.63) is 53.3 Å². The zero-order chi connectivity index (χ0) is 24.3. The van der Waals surface area contributed by atoms with Crippen LogP contribution in [0.15, 0.2) is 36.5 Å². The minimum atomic E-state index is -0.809. The lowest BCUT2D eigenvalue weighted by Gasteiger charge is -2.34. The van der Waals surface area contributed by atoms with E-state index < -0.39 is 11.0 Å². The number of pyridine rings is 1. The highest BCUT2D eigenvalue weighted by Crippen LogP contribution is 2.38. The van der Waals surface area contributed by atoms with Crippen molar-refractivity contribution in [3.8, 4) is 11.3 Å². The minimum absolute atomic E-state index is 0.0512. The summed E-state index contributed by atoms with van der Waals surface area (Å²) in [6.07, 6.45) is 2.86. The first kappa shape index (κ1) is 23.1. The third-order valence-electron chi connectivity index (χ3n) is 7.98. The van der Waals surface area contributed by atoms with Gasteiger partial charge in [-0.1, -0.05) is 19.9 Å². The molecule has 3 aromatic rings. The molecule has 1 amide bonds. The van der Waals surface area contributed by atoms with Gasteiger partial charge in [0.05, 0.1) is 16.7 Å². The Labute approximate surface area is 201 Å². The van der Waals surface area contributed by atoms with Gasteiger partial charge in [-0.2, -0.15) is 0 Å². The molecule has 3 N–H and O–H groups in total. The Morgan fingerprint density at radius 3 is 2.76 bits per heavy atom. The van der Waals surface area contributed by atoms with Crippen molar-refractivity contribution in [1.82, 2.24) is 20.2 Å². The topological polar surface area (TPSA) is 81.2 Å². The number of aliphatic hydroxyl groups is 1. The number of aromatic nitrogens is 2. The van der Waals surface area contributed by atoms with Crippen LogP contribution in [0.3, 0.4) is 0 Å². The van der Waals surface area contributed by atoms with E-state index in [1.54, 1.807) is 0 Å². The van der Waals surface area contributed by atoms with Crippen molar-refractivity contribution in [2.45, 2.75) is 58.0 Å². The van der Waals surface area contributed by atoms with E-state index in [-0.39, 0.29) is 11.8 Å². The van der Waals surface area contributed by atoms with Gasteiger partial charge in [-0.05, 0) is 75.0 Å². The van der Waals surface area contributed by atoms with E-state index >= 15 is 0 Å². The predicted molar refractivity (Wildman–Crippen MR) is 136 cm³/mol. The smallest absolute Gasteiger partial charge is 0.230 e. The summed E-state index contributed by atoms with van der Waals surface area (Å²) in [6.45, 7) is 13.3. The van der Waals surface area contributed by atoms with Crippen LogP contribution < -0.4 is 5.32 Å². The van der Waals surface area contributed by atoms with Crippen LogP contribution in [0.25, 0.3) is 22.2 Å². The van der Waals surface area contributed by atoms with Gasteiger partial charge in [-0.15, -0.1) is 0 Å². The number of carbonyl (C=O) groups excluding carboxylic acids is 1.